The fourth-order valence-corrected chi connectivity index (χ4v) is 9.07. The summed E-state index contributed by atoms with van der Waals surface area (Å²) in [5, 5.41) is 10.4. The van der Waals surface area contributed by atoms with Gasteiger partial charge in [0.15, 0.2) is 0 Å². The van der Waals surface area contributed by atoms with E-state index in [0.717, 1.165) is 36.2 Å². The van der Waals surface area contributed by atoms with Gasteiger partial charge in [-0.25, -0.2) is 0 Å². The monoisotopic (exact) mass is 362 g/mol. The highest BCUT2D eigenvalue weighted by Crippen LogP contribution is 2.68. The second-order valence-electron chi connectivity index (χ2n) is 10.8. The number of ether oxygens (including phenoxy) is 1. The van der Waals surface area contributed by atoms with Gasteiger partial charge >= 0.3 is 0 Å². The third kappa shape index (κ3) is 2.72. The van der Waals surface area contributed by atoms with Crippen LogP contribution in [0.4, 0.5) is 0 Å². The first-order valence-corrected chi connectivity index (χ1v) is 11.6. The van der Waals surface area contributed by atoms with Crippen LogP contribution in [0.2, 0.25) is 0 Å². The van der Waals surface area contributed by atoms with Gasteiger partial charge in [-0.2, -0.15) is 0 Å². The molecule has 150 valence electrons. The van der Waals surface area contributed by atoms with Crippen molar-refractivity contribution >= 4 is 0 Å². The standard InChI is InChI=1S/C24H42O2/c1-5-24-13-10-17(15-26-4)14-18(24)6-7-19-21-9-8-20(16(2)25)23(21,3)12-11-22(19)24/h16-22,25H,5-15H2,1-4H3. The smallest absolute Gasteiger partial charge is 0.0545 e. The molecule has 0 radical (unpaired) electrons. The van der Waals surface area contributed by atoms with Gasteiger partial charge in [-0.3, -0.25) is 0 Å². The largest absolute Gasteiger partial charge is 0.393 e. The van der Waals surface area contributed by atoms with Gasteiger partial charge in [0.25, 0.3) is 0 Å². The van der Waals surface area contributed by atoms with Crippen LogP contribution in [-0.4, -0.2) is 24.9 Å². The summed E-state index contributed by atoms with van der Waals surface area (Å²) in [6.45, 7) is 8.05. The average molecular weight is 363 g/mol. The van der Waals surface area contributed by atoms with Crippen LogP contribution < -0.4 is 0 Å². The zero-order valence-corrected chi connectivity index (χ0v) is 17.7. The zero-order valence-electron chi connectivity index (χ0n) is 17.7. The summed E-state index contributed by atoms with van der Waals surface area (Å²) in [6, 6.07) is 0. The Hall–Kier alpha value is -0.0800. The first-order chi connectivity index (χ1) is 12.5. The van der Waals surface area contributed by atoms with E-state index in [1.165, 1.54) is 64.2 Å². The molecule has 0 aliphatic heterocycles. The molecule has 0 bridgehead atoms. The molecule has 4 aliphatic rings. The maximum Gasteiger partial charge on any atom is 0.0545 e. The van der Waals surface area contributed by atoms with Crippen molar-refractivity contribution in [1.29, 1.82) is 0 Å². The predicted molar refractivity (Wildman–Crippen MR) is 107 cm³/mol. The van der Waals surface area contributed by atoms with Gasteiger partial charge in [-0.05, 0) is 117 Å². The summed E-state index contributed by atoms with van der Waals surface area (Å²) in [4.78, 5) is 0. The Balaban J connectivity index is 1.57. The first kappa shape index (κ1) is 19.2. The normalized spacial score (nSPS) is 52.0. The molecule has 0 aromatic heterocycles. The van der Waals surface area contributed by atoms with Gasteiger partial charge in [-0.1, -0.05) is 13.8 Å². The Bertz CT molecular complexity index is 502. The molecule has 2 heteroatoms. The number of aliphatic hydroxyl groups excluding tert-OH is 1. The molecule has 4 fully saturated rings. The number of hydrogen-bond acceptors (Lipinski definition) is 2. The van der Waals surface area contributed by atoms with Crippen LogP contribution in [0.15, 0.2) is 0 Å². The quantitative estimate of drug-likeness (QED) is 0.697. The van der Waals surface area contributed by atoms with Crippen molar-refractivity contribution in [2.45, 2.75) is 91.1 Å². The second-order valence-corrected chi connectivity index (χ2v) is 10.8. The summed E-state index contributed by atoms with van der Waals surface area (Å²) >= 11 is 0. The lowest BCUT2D eigenvalue weighted by atomic mass is 9.43. The molecule has 0 spiro atoms. The molecule has 9 unspecified atom stereocenters. The number of rotatable bonds is 4. The highest BCUT2D eigenvalue weighted by Gasteiger charge is 2.61. The molecule has 26 heavy (non-hydrogen) atoms. The summed E-state index contributed by atoms with van der Waals surface area (Å²) < 4.78 is 5.51. The van der Waals surface area contributed by atoms with Gasteiger partial charge in [-0.15, -0.1) is 0 Å². The third-order valence-electron chi connectivity index (χ3n) is 10.2. The topological polar surface area (TPSA) is 29.5 Å². The molecule has 0 amide bonds. The molecule has 9 atom stereocenters. The lowest BCUT2D eigenvalue weighted by molar-refractivity contribution is -0.137. The van der Waals surface area contributed by atoms with Crippen LogP contribution in [0.3, 0.4) is 0 Å². The van der Waals surface area contributed by atoms with E-state index >= 15 is 0 Å². The number of methoxy groups -OCH3 is 1. The van der Waals surface area contributed by atoms with Gasteiger partial charge in [0.2, 0.25) is 0 Å². The van der Waals surface area contributed by atoms with Gasteiger partial charge in [0.05, 0.1) is 6.10 Å². The van der Waals surface area contributed by atoms with Crippen LogP contribution in [0.25, 0.3) is 0 Å². The SMILES string of the molecule is CCC12CCC(COC)CC1CCC1C3CCC(C(C)O)C3(C)CCC12. The molecular formula is C24H42O2. The van der Waals surface area contributed by atoms with E-state index in [0.29, 0.717) is 16.7 Å². The Morgan fingerprint density at radius 1 is 1.04 bits per heavy atom. The maximum atomic E-state index is 10.4. The van der Waals surface area contributed by atoms with E-state index in [9.17, 15) is 5.11 Å². The summed E-state index contributed by atoms with van der Waals surface area (Å²) in [5.41, 5.74) is 1.03. The minimum atomic E-state index is -0.123. The van der Waals surface area contributed by atoms with E-state index in [-0.39, 0.29) is 6.10 Å². The fourth-order valence-electron chi connectivity index (χ4n) is 9.07. The van der Waals surface area contributed by atoms with Gasteiger partial charge in [0.1, 0.15) is 0 Å². The van der Waals surface area contributed by atoms with Crippen molar-refractivity contribution < 1.29 is 9.84 Å². The Morgan fingerprint density at radius 3 is 2.54 bits per heavy atom. The highest BCUT2D eigenvalue weighted by atomic mass is 16.5. The molecule has 0 aromatic rings. The summed E-state index contributed by atoms with van der Waals surface area (Å²) in [7, 11) is 1.87. The molecule has 4 saturated carbocycles. The Morgan fingerprint density at radius 2 is 1.85 bits per heavy atom. The van der Waals surface area contributed by atoms with Crippen LogP contribution in [0.1, 0.15) is 85.0 Å². The summed E-state index contributed by atoms with van der Waals surface area (Å²) in [6.07, 6.45) is 13.9. The first-order valence-electron chi connectivity index (χ1n) is 11.6. The lowest BCUT2D eigenvalue weighted by Gasteiger charge is -2.62. The molecule has 2 nitrogen and oxygen atoms in total. The molecule has 1 N–H and O–H groups in total. The van der Waals surface area contributed by atoms with Crippen LogP contribution >= 0.6 is 0 Å². The van der Waals surface area contributed by atoms with Crippen LogP contribution in [0, 0.1) is 46.3 Å². The van der Waals surface area contributed by atoms with Crippen molar-refractivity contribution in [2.75, 3.05) is 13.7 Å². The zero-order chi connectivity index (χ0) is 18.5. The van der Waals surface area contributed by atoms with E-state index in [4.69, 9.17) is 4.74 Å². The minimum absolute atomic E-state index is 0.123. The molecule has 0 heterocycles. The highest BCUT2D eigenvalue weighted by molar-refractivity contribution is 5.10. The minimum Gasteiger partial charge on any atom is -0.393 e. The predicted octanol–water partition coefficient (Wildman–Crippen LogP) is 5.68. The van der Waals surface area contributed by atoms with Crippen molar-refractivity contribution in [3.05, 3.63) is 0 Å². The second kappa shape index (κ2) is 7.07. The number of fused-ring (bicyclic) bond motifs is 5. The maximum absolute atomic E-state index is 10.4. The average Bonchev–Trinajstić information content (AvgIpc) is 2.99. The van der Waals surface area contributed by atoms with Gasteiger partial charge in [0, 0.05) is 13.7 Å². The molecule has 4 aliphatic carbocycles. The Labute approximate surface area is 161 Å². The van der Waals surface area contributed by atoms with E-state index in [1.54, 1.807) is 0 Å². The van der Waals surface area contributed by atoms with Crippen LogP contribution in [-0.2, 0) is 4.74 Å². The van der Waals surface area contributed by atoms with E-state index in [2.05, 4.69) is 13.8 Å². The lowest BCUT2D eigenvalue weighted by Crippen LogP contribution is -2.55. The number of aliphatic hydroxyl groups is 1. The molecular weight excluding hydrogens is 320 g/mol. The molecule has 0 saturated heterocycles. The number of hydrogen-bond donors (Lipinski definition) is 1. The van der Waals surface area contributed by atoms with Crippen molar-refractivity contribution in [3.8, 4) is 0 Å². The van der Waals surface area contributed by atoms with E-state index < -0.39 is 0 Å². The summed E-state index contributed by atoms with van der Waals surface area (Å²) in [5.74, 6) is 5.07. The third-order valence-corrected chi connectivity index (χ3v) is 10.2. The van der Waals surface area contributed by atoms with Gasteiger partial charge < -0.3 is 9.84 Å². The van der Waals surface area contributed by atoms with E-state index in [1.807, 2.05) is 14.0 Å². The fraction of sp³-hybridized carbons (Fsp3) is 1.00. The molecule has 0 aromatic carbocycles. The molecule has 4 rings (SSSR count). The van der Waals surface area contributed by atoms with Crippen molar-refractivity contribution in [1.82, 2.24) is 0 Å². The van der Waals surface area contributed by atoms with Crippen LogP contribution in [0.5, 0.6) is 0 Å². The van der Waals surface area contributed by atoms with Crippen molar-refractivity contribution in [3.63, 3.8) is 0 Å². The Kier molecular flexibility index (Phi) is 5.23. The van der Waals surface area contributed by atoms with Crippen molar-refractivity contribution in [2.24, 2.45) is 46.3 Å².